The molecular weight excluding hydrogens is 287 g/mol. The van der Waals surface area contributed by atoms with Gasteiger partial charge in [-0.15, -0.1) is 0 Å². The Hall–Kier alpha value is -1.95. The quantitative estimate of drug-likeness (QED) is 0.747. The van der Waals surface area contributed by atoms with E-state index in [1.54, 1.807) is 19.1 Å². The van der Waals surface area contributed by atoms with Gasteiger partial charge in [-0.05, 0) is 49.3 Å². The molecule has 3 rings (SSSR count). The first-order chi connectivity index (χ1) is 10.0. The lowest BCUT2D eigenvalue weighted by Crippen LogP contribution is -2.01. The van der Waals surface area contributed by atoms with E-state index in [-0.39, 0.29) is 5.82 Å². The number of benzene rings is 1. The summed E-state index contributed by atoms with van der Waals surface area (Å²) in [5.74, 6) is -0.214. The van der Waals surface area contributed by atoms with Gasteiger partial charge in [0, 0.05) is 7.05 Å². The number of H-pyrrole nitrogens is 1. The van der Waals surface area contributed by atoms with Gasteiger partial charge in [0.15, 0.2) is 10.4 Å². The molecule has 2 heterocycles. The zero-order valence-electron chi connectivity index (χ0n) is 12.3. The molecule has 0 fully saturated rings. The summed E-state index contributed by atoms with van der Waals surface area (Å²) in [7, 11) is 1.90. The highest BCUT2D eigenvalue weighted by atomic mass is 32.1. The molecule has 1 N–H and O–H groups in total. The van der Waals surface area contributed by atoms with Crippen molar-refractivity contribution in [2.24, 2.45) is 7.05 Å². The lowest BCUT2D eigenvalue weighted by molar-refractivity contribution is 0.618. The fourth-order valence-corrected chi connectivity index (χ4v) is 2.93. The van der Waals surface area contributed by atoms with Crippen LogP contribution in [0, 0.1) is 17.5 Å². The van der Waals surface area contributed by atoms with Crippen LogP contribution in [0.1, 0.15) is 24.6 Å². The first-order valence-corrected chi connectivity index (χ1v) is 7.37. The minimum absolute atomic E-state index is 0.214. The maximum absolute atomic E-state index is 13.5. The first kappa shape index (κ1) is 14.0. The number of imidazole rings is 1. The predicted molar refractivity (Wildman–Crippen MR) is 83.9 cm³/mol. The third kappa shape index (κ3) is 2.19. The molecule has 110 valence electrons. The van der Waals surface area contributed by atoms with Crippen molar-refractivity contribution in [3.63, 3.8) is 0 Å². The number of nitrogens with one attached hydrogen (secondary N) is 1. The Labute approximate surface area is 127 Å². The molecule has 2 aromatic heterocycles. The number of aromatic amines is 1. The van der Waals surface area contributed by atoms with Crippen molar-refractivity contribution >= 4 is 23.4 Å². The summed E-state index contributed by atoms with van der Waals surface area (Å²) in [4.78, 5) is 3.23. The normalized spacial score (nSPS) is 11.4. The highest BCUT2D eigenvalue weighted by Gasteiger charge is 2.16. The van der Waals surface area contributed by atoms with Gasteiger partial charge in [-0.1, -0.05) is 13.3 Å². The summed E-state index contributed by atoms with van der Waals surface area (Å²) < 4.78 is 17.8. The van der Waals surface area contributed by atoms with Gasteiger partial charge in [0.05, 0.1) is 11.4 Å². The summed E-state index contributed by atoms with van der Waals surface area (Å²) in [5, 5.41) is 4.55. The third-order valence-electron chi connectivity index (χ3n) is 3.62. The van der Waals surface area contributed by atoms with Crippen LogP contribution in [0.15, 0.2) is 18.2 Å². The molecule has 21 heavy (non-hydrogen) atoms. The fraction of sp³-hybridized carbons (Fsp3) is 0.333. The van der Waals surface area contributed by atoms with Crippen LogP contribution >= 0.6 is 12.2 Å². The second kappa shape index (κ2) is 5.11. The SMILES string of the molecule is CCCc1nn(C)c2c1[nH]c(=S)n2-c1ccc(F)c(C)c1. The van der Waals surface area contributed by atoms with Crippen molar-refractivity contribution in [2.45, 2.75) is 26.7 Å². The Bertz CT molecular complexity index is 872. The highest BCUT2D eigenvalue weighted by molar-refractivity contribution is 7.71. The van der Waals surface area contributed by atoms with Gasteiger partial charge in [0.25, 0.3) is 0 Å². The smallest absolute Gasteiger partial charge is 0.184 e. The van der Waals surface area contributed by atoms with Crippen molar-refractivity contribution in [3.8, 4) is 5.69 Å². The van der Waals surface area contributed by atoms with Gasteiger partial charge in [-0.2, -0.15) is 5.10 Å². The first-order valence-electron chi connectivity index (χ1n) is 6.96. The van der Waals surface area contributed by atoms with E-state index in [0.717, 1.165) is 35.4 Å². The Balaban J connectivity index is 2.29. The maximum Gasteiger partial charge on any atom is 0.184 e. The molecule has 0 atom stereocenters. The van der Waals surface area contributed by atoms with Crippen LogP contribution in [0.2, 0.25) is 0 Å². The number of fused-ring (bicyclic) bond motifs is 1. The molecule has 0 radical (unpaired) electrons. The Morgan fingerprint density at radius 2 is 2.14 bits per heavy atom. The average Bonchev–Trinajstić information content (AvgIpc) is 2.92. The van der Waals surface area contributed by atoms with E-state index in [1.165, 1.54) is 6.07 Å². The predicted octanol–water partition coefficient (Wildman–Crippen LogP) is 3.82. The van der Waals surface area contributed by atoms with E-state index in [4.69, 9.17) is 12.2 Å². The molecule has 0 bridgehead atoms. The number of aromatic nitrogens is 4. The van der Waals surface area contributed by atoms with Crippen molar-refractivity contribution in [1.82, 2.24) is 19.3 Å². The van der Waals surface area contributed by atoms with Crippen LogP contribution in [-0.2, 0) is 13.5 Å². The van der Waals surface area contributed by atoms with E-state index >= 15 is 0 Å². The molecule has 1 aromatic carbocycles. The maximum atomic E-state index is 13.5. The summed E-state index contributed by atoms with van der Waals surface area (Å²) >= 11 is 5.44. The van der Waals surface area contributed by atoms with Crippen molar-refractivity contribution in [1.29, 1.82) is 0 Å². The van der Waals surface area contributed by atoms with Crippen molar-refractivity contribution in [3.05, 3.63) is 40.0 Å². The molecule has 0 unspecified atom stereocenters. The topological polar surface area (TPSA) is 38.5 Å². The van der Waals surface area contributed by atoms with Gasteiger partial charge in [0.2, 0.25) is 0 Å². The van der Waals surface area contributed by atoms with Crippen LogP contribution < -0.4 is 0 Å². The highest BCUT2D eigenvalue weighted by Crippen LogP contribution is 2.23. The number of aryl methyl sites for hydroxylation is 3. The summed E-state index contributed by atoms with van der Waals surface area (Å²) in [5.41, 5.74) is 4.33. The van der Waals surface area contributed by atoms with Crippen molar-refractivity contribution < 1.29 is 4.39 Å². The number of rotatable bonds is 3. The Morgan fingerprint density at radius 1 is 1.38 bits per heavy atom. The molecule has 4 nitrogen and oxygen atoms in total. The molecule has 0 amide bonds. The van der Waals surface area contributed by atoms with E-state index < -0.39 is 0 Å². The fourth-order valence-electron chi connectivity index (χ4n) is 2.63. The van der Waals surface area contributed by atoms with Gasteiger partial charge >= 0.3 is 0 Å². The molecular formula is C15H17FN4S. The zero-order chi connectivity index (χ0) is 15.1. The largest absolute Gasteiger partial charge is 0.327 e. The number of halogens is 1. The Kier molecular flexibility index (Phi) is 3.41. The molecule has 3 aromatic rings. The van der Waals surface area contributed by atoms with Crippen LogP contribution in [0.4, 0.5) is 4.39 Å². The van der Waals surface area contributed by atoms with Crippen molar-refractivity contribution in [2.75, 3.05) is 0 Å². The van der Waals surface area contributed by atoms with Gasteiger partial charge in [-0.25, -0.2) is 9.07 Å². The van der Waals surface area contributed by atoms with Crippen LogP contribution in [0.3, 0.4) is 0 Å². The Morgan fingerprint density at radius 3 is 2.81 bits per heavy atom. The minimum atomic E-state index is -0.214. The standard InChI is InChI=1S/C15H17FN4S/c1-4-5-12-13-14(19(3)18-12)20(15(21)17-13)10-6-7-11(16)9(2)8-10/h6-8H,4-5H2,1-3H3,(H,17,21). The molecule has 0 aliphatic carbocycles. The van der Waals surface area contributed by atoms with Crippen LogP contribution in [-0.4, -0.2) is 19.3 Å². The number of hydrogen-bond donors (Lipinski definition) is 1. The molecule has 0 spiro atoms. The molecule has 0 saturated carbocycles. The third-order valence-corrected chi connectivity index (χ3v) is 3.91. The second-order valence-electron chi connectivity index (χ2n) is 5.22. The summed E-state index contributed by atoms with van der Waals surface area (Å²) in [6.45, 7) is 3.87. The molecule has 0 aliphatic rings. The van der Waals surface area contributed by atoms with E-state index in [1.807, 2.05) is 16.3 Å². The number of hydrogen-bond acceptors (Lipinski definition) is 2. The zero-order valence-corrected chi connectivity index (χ0v) is 13.1. The van der Waals surface area contributed by atoms with Gasteiger partial charge in [-0.3, -0.25) is 4.57 Å². The van der Waals surface area contributed by atoms with E-state index in [9.17, 15) is 4.39 Å². The van der Waals surface area contributed by atoms with E-state index in [0.29, 0.717) is 10.3 Å². The lowest BCUT2D eigenvalue weighted by Gasteiger charge is -2.06. The van der Waals surface area contributed by atoms with Gasteiger partial charge in [0.1, 0.15) is 11.3 Å². The van der Waals surface area contributed by atoms with Crippen LogP contribution in [0.5, 0.6) is 0 Å². The van der Waals surface area contributed by atoms with Gasteiger partial charge < -0.3 is 4.98 Å². The molecule has 0 aliphatic heterocycles. The second-order valence-corrected chi connectivity index (χ2v) is 5.60. The summed E-state index contributed by atoms with van der Waals surface area (Å²) in [6, 6.07) is 5.00. The minimum Gasteiger partial charge on any atom is -0.327 e. The molecule has 6 heteroatoms. The monoisotopic (exact) mass is 304 g/mol. The molecule has 0 saturated heterocycles. The van der Waals surface area contributed by atoms with Crippen LogP contribution in [0.25, 0.3) is 16.9 Å². The lowest BCUT2D eigenvalue weighted by atomic mass is 10.2. The summed E-state index contributed by atoms with van der Waals surface area (Å²) in [6.07, 6.45) is 1.92. The average molecular weight is 304 g/mol. The number of nitrogens with zero attached hydrogens (tertiary/aromatic N) is 3. The van der Waals surface area contributed by atoms with E-state index in [2.05, 4.69) is 17.0 Å².